The van der Waals surface area contributed by atoms with Gasteiger partial charge in [0.05, 0.1) is 0 Å². The number of hydrogen-bond donors (Lipinski definition) is 1. The molecule has 0 aliphatic rings. The molecule has 1 rings (SSSR count). The van der Waals surface area contributed by atoms with Crippen LogP contribution in [-0.4, -0.2) is 12.1 Å². The second kappa shape index (κ2) is 5.66. The summed E-state index contributed by atoms with van der Waals surface area (Å²) in [5.41, 5.74) is 1.63. The number of benzene rings is 1. The fourth-order valence-electron chi connectivity index (χ4n) is 1.44. The molecule has 1 aromatic carbocycles. The third-order valence-corrected chi connectivity index (χ3v) is 3.01. The highest BCUT2D eigenvalue weighted by Gasteiger charge is 2.07. The van der Waals surface area contributed by atoms with E-state index in [-0.39, 0.29) is 5.54 Å². The quantitative estimate of drug-likeness (QED) is 0.821. The minimum absolute atomic E-state index is 0.230. The van der Waals surface area contributed by atoms with Gasteiger partial charge in [-0.2, -0.15) is 0 Å². The van der Waals surface area contributed by atoms with Crippen molar-refractivity contribution in [3.8, 4) is 0 Å². The molecular formula is C13H20BrN. The van der Waals surface area contributed by atoms with E-state index in [1.807, 2.05) is 0 Å². The Morgan fingerprint density at radius 1 is 1.20 bits per heavy atom. The van der Waals surface area contributed by atoms with Crippen molar-refractivity contribution in [2.24, 2.45) is 0 Å². The fourth-order valence-corrected chi connectivity index (χ4v) is 1.93. The molecule has 0 unspecified atom stereocenters. The number of aryl methyl sites for hydroxylation is 1. The van der Waals surface area contributed by atoms with Gasteiger partial charge in [0.15, 0.2) is 0 Å². The molecule has 0 fully saturated rings. The summed E-state index contributed by atoms with van der Waals surface area (Å²) in [6.45, 7) is 7.67. The van der Waals surface area contributed by atoms with Crippen molar-refractivity contribution in [2.45, 2.75) is 39.2 Å². The Bertz CT molecular complexity index is 302. The van der Waals surface area contributed by atoms with Crippen LogP contribution in [0.2, 0.25) is 0 Å². The minimum atomic E-state index is 0.230. The highest BCUT2D eigenvalue weighted by atomic mass is 79.9. The van der Waals surface area contributed by atoms with Gasteiger partial charge >= 0.3 is 0 Å². The van der Waals surface area contributed by atoms with E-state index in [1.165, 1.54) is 16.5 Å². The van der Waals surface area contributed by atoms with Gasteiger partial charge in [-0.15, -0.1) is 0 Å². The van der Waals surface area contributed by atoms with Gasteiger partial charge in [0.2, 0.25) is 0 Å². The van der Waals surface area contributed by atoms with Crippen LogP contribution in [0.5, 0.6) is 0 Å². The highest BCUT2D eigenvalue weighted by Crippen LogP contribution is 2.17. The van der Waals surface area contributed by atoms with Crippen LogP contribution in [-0.2, 0) is 6.42 Å². The van der Waals surface area contributed by atoms with Gasteiger partial charge in [-0.3, -0.25) is 0 Å². The topological polar surface area (TPSA) is 12.0 Å². The number of rotatable bonds is 4. The Balaban J connectivity index is 2.30. The van der Waals surface area contributed by atoms with Gasteiger partial charge in [-0.05, 0) is 51.8 Å². The van der Waals surface area contributed by atoms with E-state index in [0.717, 1.165) is 13.0 Å². The lowest BCUT2D eigenvalue weighted by Crippen LogP contribution is -2.36. The molecule has 0 saturated heterocycles. The molecule has 1 aromatic rings. The molecule has 0 atom stereocenters. The molecule has 15 heavy (non-hydrogen) atoms. The molecule has 84 valence electrons. The molecule has 0 aliphatic heterocycles. The number of hydrogen-bond acceptors (Lipinski definition) is 1. The zero-order valence-electron chi connectivity index (χ0n) is 9.81. The Morgan fingerprint density at radius 3 is 2.47 bits per heavy atom. The van der Waals surface area contributed by atoms with Crippen LogP contribution in [0, 0.1) is 0 Å². The molecule has 0 aliphatic carbocycles. The molecule has 0 aromatic heterocycles. The van der Waals surface area contributed by atoms with E-state index >= 15 is 0 Å². The van der Waals surface area contributed by atoms with Crippen molar-refractivity contribution in [2.75, 3.05) is 6.54 Å². The summed E-state index contributed by atoms with van der Waals surface area (Å²) >= 11 is 3.57. The van der Waals surface area contributed by atoms with Crippen molar-refractivity contribution in [1.29, 1.82) is 0 Å². The third kappa shape index (κ3) is 5.33. The van der Waals surface area contributed by atoms with E-state index in [0.29, 0.717) is 0 Å². The summed E-state index contributed by atoms with van der Waals surface area (Å²) in [6.07, 6.45) is 2.31. The predicted molar refractivity (Wildman–Crippen MR) is 70.2 cm³/mol. The molecule has 0 saturated carbocycles. The largest absolute Gasteiger partial charge is 0.312 e. The van der Waals surface area contributed by atoms with E-state index in [2.05, 4.69) is 66.3 Å². The van der Waals surface area contributed by atoms with Crippen LogP contribution >= 0.6 is 15.9 Å². The van der Waals surface area contributed by atoms with E-state index in [1.54, 1.807) is 0 Å². The molecule has 0 bridgehead atoms. The van der Waals surface area contributed by atoms with Gasteiger partial charge in [-0.1, -0.05) is 34.1 Å². The standard InChI is InChI=1S/C13H20BrN/c1-13(2,3)15-10-6-8-11-7-4-5-9-12(11)14/h4-5,7,9,15H,6,8,10H2,1-3H3. The fraction of sp³-hybridized carbons (Fsp3) is 0.538. The van der Waals surface area contributed by atoms with Crippen LogP contribution in [0.3, 0.4) is 0 Å². The monoisotopic (exact) mass is 269 g/mol. The summed E-state index contributed by atoms with van der Waals surface area (Å²) in [7, 11) is 0. The lowest BCUT2D eigenvalue weighted by molar-refractivity contribution is 0.422. The molecule has 0 heterocycles. The zero-order valence-corrected chi connectivity index (χ0v) is 11.4. The van der Waals surface area contributed by atoms with Crippen molar-refractivity contribution in [1.82, 2.24) is 5.32 Å². The highest BCUT2D eigenvalue weighted by molar-refractivity contribution is 9.10. The average Bonchev–Trinajstić information content (AvgIpc) is 2.13. The number of nitrogens with one attached hydrogen (secondary N) is 1. The van der Waals surface area contributed by atoms with Gasteiger partial charge in [0.1, 0.15) is 0 Å². The Hall–Kier alpha value is -0.340. The van der Waals surface area contributed by atoms with Crippen molar-refractivity contribution < 1.29 is 0 Å². The van der Waals surface area contributed by atoms with E-state index in [9.17, 15) is 0 Å². The first-order valence-corrected chi connectivity index (χ1v) is 6.27. The summed E-state index contributed by atoms with van der Waals surface area (Å²) in [4.78, 5) is 0. The van der Waals surface area contributed by atoms with Crippen molar-refractivity contribution in [3.05, 3.63) is 34.3 Å². The maximum atomic E-state index is 3.57. The Morgan fingerprint density at radius 2 is 1.87 bits per heavy atom. The Labute approximate surface area is 101 Å². The van der Waals surface area contributed by atoms with Crippen LogP contribution < -0.4 is 5.32 Å². The smallest absolute Gasteiger partial charge is 0.0207 e. The van der Waals surface area contributed by atoms with Gasteiger partial charge in [0.25, 0.3) is 0 Å². The first-order valence-electron chi connectivity index (χ1n) is 5.47. The molecule has 0 amide bonds. The maximum absolute atomic E-state index is 3.57. The van der Waals surface area contributed by atoms with Gasteiger partial charge in [-0.25, -0.2) is 0 Å². The van der Waals surface area contributed by atoms with E-state index < -0.39 is 0 Å². The minimum Gasteiger partial charge on any atom is -0.312 e. The normalized spacial score (nSPS) is 11.7. The number of halogens is 1. The summed E-state index contributed by atoms with van der Waals surface area (Å²) in [5.74, 6) is 0. The van der Waals surface area contributed by atoms with Crippen LogP contribution in [0.4, 0.5) is 0 Å². The third-order valence-electron chi connectivity index (χ3n) is 2.24. The lowest BCUT2D eigenvalue weighted by atomic mass is 10.1. The van der Waals surface area contributed by atoms with Crippen LogP contribution in [0.1, 0.15) is 32.8 Å². The lowest BCUT2D eigenvalue weighted by Gasteiger charge is -2.20. The van der Waals surface area contributed by atoms with Crippen LogP contribution in [0.15, 0.2) is 28.7 Å². The maximum Gasteiger partial charge on any atom is 0.0207 e. The predicted octanol–water partition coefficient (Wildman–Crippen LogP) is 3.77. The van der Waals surface area contributed by atoms with E-state index in [4.69, 9.17) is 0 Å². The van der Waals surface area contributed by atoms with Gasteiger partial charge < -0.3 is 5.32 Å². The van der Waals surface area contributed by atoms with Crippen molar-refractivity contribution in [3.63, 3.8) is 0 Å². The SMILES string of the molecule is CC(C)(C)NCCCc1ccccc1Br. The second-order valence-electron chi connectivity index (χ2n) is 4.87. The second-order valence-corrected chi connectivity index (χ2v) is 5.73. The summed E-state index contributed by atoms with van der Waals surface area (Å²) in [5, 5.41) is 3.50. The summed E-state index contributed by atoms with van der Waals surface area (Å²) < 4.78 is 1.22. The molecular weight excluding hydrogens is 250 g/mol. The molecule has 0 spiro atoms. The Kier molecular flexibility index (Phi) is 4.81. The van der Waals surface area contributed by atoms with Crippen LogP contribution in [0.25, 0.3) is 0 Å². The molecule has 0 radical (unpaired) electrons. The zero-order chi connectivity index (χ0) is 11.3. The first-order chi connectivity index (χ1) is 6.99. The summed E-state index contributed by atoms with van der Waals surface area (Å²) in [6, 6.07) is 8.44. The molecule has 1 nitrogen and oxygen atoms in total. The van der Waals surface area contributed by atoms with Gasteiger partial charge in [0, 0.05) is 10.0 Å². The van der Waals surface area contributed by atoms with Crippen molar-refractivity contribution >= 4 is 15.9 Å². The average molecular weight is 270 g/mol. The molecule has 1 N–H and O–H groups in total. The molecule has 2 heteroatoms. The first kappa shape index (κ1) is 12.7.